The van der Waals surface area contributed by atoms with Crippen molar-refractivity contribution in [1.82, 2.24) is 9.80 Å². The van der Waals surface area contributed by atoms with Crippen molar-refractivity contribution in [3.05, 3.63) is 0 Å². The normalized spacial score (nSPS) is 26.6. The highest BCUT2D eigenvalue weighted by Crippen LogP contribution is 2.36. The molecule has 254 valence electrons. The van der Waals surface area contributed by atoms with Gasteiger partial charge in [0.25, 0.3) is 0 Å². The van der Waals surface area contributed by atoms with Crippen molar-refractivity contribution in [3.8, 4) is 0 Å². The number of hydrogen-bond donors (Lipinski definition) is 4. The quantitative estimate of drug-likeness (QED) is 0.196. The van der Waals surface area contributed by atoms with E-state index in [1.165, 1.54) is 31.9 Å². The SMILES string of the molecule is CCCC[Si]1(C)OCC2(CO1)CO[Si](C)(CCCN(C)C)OC2.CN(C)CCC[Si](C)(C)C.OCC(CO)(CO)CO. The Morgan fingerprint density at radius 3 is 1.31 bits per heavy atom. The van der Waals surface area contributed by atoms with Crippen molar-refractivity contribution in [2.75, 3.05) is 94.1 Å². The van der Waals surface area contributed by atoms with Crippen LogP contribution in [0.2, 0.25) is 50.9 Å². The number of aliphatic hydroxyl groups is 4. The van der Waals surface area contributed by atoms with Crippen LogP contribution >= 0.6 is 0 Å². The van der Waals surface area contributed by atoms with E-state index >= 15 is 0 Å². The van der Waals surface area contributed by atoms with E-state index in [1.54, 1.807) is 0 Å². The lowest BCUT2D eigenvalue weighted by Gasteiger charge is -2.48. The molecule has 0 bridgehead atoms. The Morgan fingerprint density at radius 1 is 0.667 bits per heavy atom. The van der Waals surface area contributed by atoms with Crippen LogP contribution in [0.1, 0.15) is 32.6 Å². The molecule has 2 heterocycles. The molecule has 0 amide bonds. The molecule has 10 nitrogen and oxygen atoms in total. The monoisotopic (exact) mass is 656 g/mol. The highest BCUT2D eigenvalue weighted by Gasteiger charge is 2.50. The van der Waals surface area contributed by atoms with Crippen molar-refractivity contribution >= 4 is 25.2 Å². The topological polar surface area (TPSA) is 124 Å². The Bertz CT molecular complexity index is 659. The van der Waals surface area contributed by atoms with Crippen LogP contribution in [0, 0.1) is 10.8 Å². The summed E-state index contributed by atoms with van der Waals surface area (Å²) in [6, 6.07) is 3.62. The first-order valence-electron chi connectivity index (χ1n) is 15.8. The minimum Gasteiger partial charge on any atom is -0.396 e. The lowest BCUT2D eigenvalue weighted by molar-refractivity contribution is -0.0961. The molecule has 0 aromatic carbocycles. The average Bonchev–Trinajstić information content (AvgIpc) is 2.93. The summed E-state index contributed by atoms with van der Waals surface area (Å²) in [5.41, 5.74) is -1.19. The van der Waals surface area contributed by atoms with Gasteiger partial charge in [0, 0.05) is 34.5 Å². The molecule has 1 spiro atoms. The van der Waals surface area contributed by atoms with E-state index in [0.29, 0.717) is 0 Å². The van der Waals surface area contributed by atoms with Crippen LogP contribution in [0.5, 0.6) is 0 Å². The summed E-state index contributed by atoms with van der Waals surface area (Å²) in [5.74, 6) is 0. The number of aliphatic hydroxyl groups excluding tert-OH is 4. The van der Waals surface area contributed by atoms with Crippen molar-refractivity contribution in [2.24, 2.45) is 10.8 Å². The summed E-state index contributed by atoms with van der Waals surface area (Å²) in [6.45, 7) is 17.6. The Morgan fingerprint density at radius 2 is 1.02 bits per heavy atom. The van der Waals surface area contributed by atoms with Gasteiger partial charge in [0.05, 0.1) is 37.3 Å². The van der Waals surface area contributed by atoms with Crippen LogP contribution < -0.4 is 0 Å². The maximum absolute atomic E-state index is 8.50. The van der Waals surface area contributed by atoms with Crippen LogP contribution in [0.15, 0.2) is 0 Å². The third kappa shape index (κ3) is 17.7. The van der Waals surface area contributed by atoms with E-state index in [9.17, 15) is 0 Å². The van der Waals surface area contributed by atoms with Crippen LogP contribution in [-0.4, -0.2) is 150 Å². The lowest BCUT2D eigenvalue weighted by Crippen LogP contribution is -2.60. The zero-order valence-electron chi connectivity index (χ0n) is 28.8. The summed E-state index contributed by atoms with van der Waals surface area (Å²) in [4.78, 5) is 4.48. The van der Waals surface area contributed by atoms with Gasteiger partial charge in [-0.25, -0.2) is 0 Å². The molecule has 0 aliphatic carbocycles. The molecule has 0 atom stereocenters. The Hall–Kier alpha value is 0.251. The Labute approximate surface area is 261 Å². The molecule has 13 heteroatoms. The molecule has 0 radical (unpaired) electrons. The van der Waals surface area contributed by atoms with Crippen LogP contribution in [-0.2, 0) is 17.7 Å². The van der Waals surface area contributed by atoms with Gasteiger partial charge in [-0.2, -0.15) is 0 Å². The molecule has 0 aromatic heterocycles. The summed E-state index contributed by atoms with van der Waals surface area (Å²) in [5, 5.41) is 34.0. The summed E-state index contributed by atoms with van der Waals surface area (Å²) >= 11 is 0. The molecule has 0 unspecified atom stereocenters. The van der Waals surface area contributed by atoms with Gasteiger partial charge in [0.2, 0.25) is 0 Å². The average molecular weight is 657 g/mol. The number of hydrogen-bond acceptors (Lipinski definition) is 10. The number of nitrogens with zero attached hydrogens (tertiary/aromatic N) is 2. The molecular weight excluding hydrogens is 589 g/mol. The fourth-order valence-electron chi connectivity index (χ4n) is 4.28. The predicted molar refractivity (Wildman–Crippen MR) is 179 cm³/mol. The zero-order chi connectivity index (χ0) is 32.5. The van der Waals surface area contributed by atoms with Crippen molar-refractivity contribution in [1.29, 1.82) is 0 Å². The first kappa shape index (κ1) is 42.3. The molecule has 0 saturated carbocycles. The van der Waals surface area contributed by atoms with Crippen LogP contribution in [0.3, 0.4) is 0 Å². The second kappa shape index (κ2) is 20.4. The van der Waals surface area contributed by atoms with Crippen molar-refractivity contribution in [2.45, 2.75) is 83.5 Å². The van der Waals surface area contributed by atoms with Crippen LogP contribution in [0.4, 0.5) is 0 Å². The van der Waals surface area contributed by atoms with E-state index < -0.39 is 57.0 Å². The van der Waals surface area contributed by atoms with Gasteiger partial charge >= 0.3 is 17.1 Å². The molecule has 2 rings (SSSR count). The molecule has 4 N–H and O–H groups in total. The largest absolute Gasteiger partial charge is 0.396 e. The van der Waals surface area contributed by atoms with Gasteiger partial charge in [-0.3, -0.25) is 0 Å². The van der Waals surface area contributed by atoms with Crippen molar-refractivity contribution in [3.63, 3.8) is 0 Å². The molecule has 0 aromatic rings. The maximum atomic E-state index is 8.50. The second-order valence-corrected chi connectivity index (χ2v) is 26.8. The third-order valence-electron chi connectivity index (χ3n) is 7.83. The summed E-state index contributed by atoms with van der Waals surface area (Å²) < 4.78 is 24.9. The van der Waals surface area contributed by atoms with E-state index in [-0.39, 0.29) is 5.41 Å². The predicted octanol–water partition coefficient (Wildman–Crippen LogP) is 3.18. The zero-order valence-corrected chi connectivity index (χ0v) is 31.8. The third-order valence-corrected chi connectivity index (χ3v) is 15.2. The molecule has 2 aliphatic rings. The Balaban J connectivity index is 0.000000733. The first-order chi connectivity index (χ1) is 19.5. The minimum absolute atomic E-state index is 0.0766. The number of unbranched alkanes of at least 4 members (excludes halogenated alkanes) is 1. The van der Waals surface area contributed by atoms with Gasteiger partial charge in [-0.1, -0.05) is 45.5 Å². The summed E-state index contributed by atoms with van der Waals surface area (Å²) in [6.07, 6.45) is 4.91. The van der Waals surface area contributed by atoms with Crippen molar-refractivity contribution < 1.29 is 38.1 Å². The van der Waals surface area contributed by atoms with E-state index in [0.717, 1.165) is 51.5 Å². The maximum Gasteiger partial charge on any atom is 0.335 e. The second-order valence-electron chi connectivity index (χ2n) is 14.5. The van der Waals surface area contributed by atoms with Gasteiger partial charge < -0.3 is 47.9 Å². The van der Waals surface area contributed by atoms with Gasteiger partial charge in [-0.05, 0) is 79.3 Å². The lowest BCUT2D eigenvalue weighted by atomic mass is 9.93. The number of rotatable bonds is 15. The molecule has 2 fully saturated rings. The Kier molecular flexibility index (Phi) is 20.5. The molecule has 42 heavy (non-hydrogen) atoms. The van der Waals surface area contributed by atoms with E-state index in [4.69, 9.17) is 38.1 Å². The fourth-order valence-corrected chi connectivity index (χ4v) is 10.5. The molecular formula is C29H68N2O8Si3. The molecule has 2 aliphatic heterocycles. The van der Waals surface area contributed by atoms with Crippen LogP contribution in [0.25, 0.3) is 0 Å². The minimum atomic E-state index is -2.00. The van der Waals surface area contributed by atoms with Gasteiger partial charge in [0.15, 0.2) is 0 Å². The summed E-state index contributed by atoms with van der Waals surface area (Å²) in [7, 11) is 3.81. The first-order valence-corrected chi connectivity index (χ1v) is 24.5. The van der Waals surface area contributed by atoms with Gasteiger partial charge in [0.1, 0.15) is 0 Å². The van der Waals surface area contributed by atoms with E-state index in [1.807, 2.05) is 0 Å². The standard InChI is InChI=1S/C16H35NO4Si2.C8H21NSi.C5H12O4/c1-6-7-10-22(4)18-12-16(13-19-22)14-20-23(5,21-15-16)11-8-9-17(2)3;1-9(2)7-6-8-10(3,4)5;6-1-5(2-7,3-8)4-9/h6-15H2,1-5H3;6-8H2,1-5H3;6-9H,1-4H2. The molecule has 2 saturated heterocycles. The van der Waals surface area contributed by atoms with Gasteiger partial charge in [-0.15, -0.1) is 0 Å². The smallest absolute Gasteiger partial charge is 0.335 e. The highest BCUT2D eigenvalue weighted by atomic mass is 28.4. The highest BCUT2D eigenvalue weighted by molar-refractivity contribution is 6.76. The fraction of sp³-hybridized carbons (Fsp3) is 1.00. The van der Waals surface area contributed by atoms with E-state index in [2.05, 4.69) is 77.6 Å².